The lowest BCUT2D eigenvalue weighted by molar-refractivity contribution is 0.0468. The third kappa shape index (κ3) is 4.30. The predicted molar refractivity (Wildman–Crippen MR) is 40.7 cm³/mol. The Balaban J connectivity index is 3.96. The zero-order valence-corrected chi connectivity index (χ0v) is 7.27. The molecule has 0 aromatic heterocycles. The van der Waals surface area contributed by atoms with Gasteiger partial charge in [-0.15, -0.1) is 0 Å². The lowest BCUT2D eigenvalue weighted by Gasteiger charge is -2.28. The minimum atomic E-state index is -2.31. The van der Waals surface area contributed by atoms with E-state index in [1.54, 1.807) is 0 Å². The van der Waals surface area contributed by atoms with Gasteiger partial charge >= 0.3 is 0 Å². The molecule has 0 bridgehead atoms. The van der Waals surface area contributed by atoms with Gasteiger partial charge in [-0.25, -0.2) is 8.78 Å². The fourth-order valence-corrected chi connectivity index (χ4v) is 0.917. The molecule has 1 N–H and O–H groups in total. The van der Waals surface area contributed by atoms with Gasteiger partial charge in [-0.1, -0.05) is 20.8 Å². The maximum Gasteiger partial charge on any atom is 0.239 e. The third-order valence-electron chi connectivity index (χ3n) is 1.91. The van der Waals surface area contributed by atoms with Gasteiger partial charge in [0, 0.05) is 13.0 Å². The first-order valence-corrected chi connectivity index (χ1v) is 3.77. The standard InChI is InChI=1S/C8H16F2O/c1-8(2,3)6(5-11)4-7(9)10/h6-7,11H,4-5H2,1-3H3. The summed E-state index contributed by atoms with van der Waals surface area (Å²) in [6.45, 7) is 5.41. The molecule has 0 aromatic carbocycles. The first kappa shape index (κ1) is 10.8. The van der Waals surface area contributed by atoms with E-state index >= 15 is 0 Å². The molecule has 0 rings (SSSR count). The quantitative estimate of drug-likeness (QED) is 0.682. The van der Waals surface area contributed by atoms with Crippen LogP contribution in [0.5, 0.6) is 0 Å². The van der Waals surface area contributed by atoms with E-state index in [2.05, 4.69) is 0 Å². The zero-order chi connectivity index (χ0) is 9.07. The summed E-state index contributed by atoms with van der Waals surface area (Å²) < 4.78 is 23.8. The Labute approximate surface area is 66.4 Å². The molecule has 0 amide bonds. The maximum absolute atomic E-state index is 11.9. The number of halogens is 2. The van der Waals surface area contributed by atoms with Crippen molar-refractivity contribution < 1.29 is 13.9 Å². The van der Waals surface area contributed by atoms with Gasteiger partial charge < -0.3 is 5.11 Å². The molecule has 0 fully saturated rings. The van der Waals surface area contributed by atoms with Crippen molar-refractivity contribution in [1.29, 1.82) is 0 Å². The molecular weight excluding hydrogens is 150 g/mol. The second-order valence-corrected chi connectivity index (χ2v) is 3.87. The lowest BCUT2D eigenvalue weighted by atomic mass is 9.79. The van der Waals surface area contributed by atoms with Gasteiger partial charge in [0.1, 0.15) is 0 Å². The summed E-state index contributed by atoms with van der Waals surface area (Å²) in [5.74, 6) is -0.303. The normalized spacial score (nSPS) is 15.5. The Kier molecular flexibility index (Phi) is 3.93. The van der Waals surface area contributed by atoms with Crippen LogP contribution in [0.25, 0.3) is 0 Å². The average Bonchev–Trinajstić information content (AvgIpc) is 1.79. The Hall–Kier alpha value is -0.180. The molecular formula is C8H16F2O. The highest BCUT2D eigenvalue weighted by atomic mass is 19.3. The maximum atomic E-state index is 11.9. The summed E-state index contributed by atoms with van der Waals surface area (Å²) in [6, 6.07) is 0. The van der Waals surface area contributed by atoms with E-state index in [0.717, 1.165) is 0 Å². The second kappa shape index (κ2) is 4.00. The van der Waals surface area contributed by atoms with Crippen molar-refractivity contribution in [3.63, 3.8) is 0 Å². The number of alkyl halides is 2. The van der Waals surface area contributed by atoms with Crippen LogP contribution >= 0.6 is 0 Å². The van der Waals surface area contributed by atoms with Crippen molar-refractivity contribution in [2.75, 3.05) is 6.61 Å². The van der Waals surface area contributed by atoms with Crippen LogP contribution < -0.4 is 0 Å². The minimum Gasteiger partial charge on any atom is -0.396 e. The van der Waals surface area contributed by atoms with Crippen molar-refractivity contribution in [2.45, 2.75) is 33.6 Å². The summed E-state index contributed by atoms with van der Waals surface area (Å²) in [5.41, 5.74) is -0.231. The van der Waals surface area contributed by atoms with Crippen LogP contribution in [0.3, 0.4) is 0 Å². The summed E-state index contributed by atoms with van der Waals surface area (Å²) >= 11 is 0. The highest BCUT2D eigenvalue weighted by Gasteiger charge is 2.26. The highest BCUT2D eigenvalue weighted by molar-refractivity contribution is 4.73. The second-order valence-electron chi connectivity index (χ2n) is 3.87. The fourth-order valence-electron chi connectivity index (χ4n) is 0.917. The van der Waals surface area contributed by atoms with Crippen LogP contribution in [0.4, 0.5) is 8.78 Å². The molecule has 0 saturated carbocycles. The van der Waals surface area contributed by atoms with E-state index in [4.69, 9.17) is 5.11 Å². The summed E-state index contributed by atoms with van der Waals surface area (Å²) in [6.07, 6.45) is -2.52. The van der Waals surface area contributed by atoms with Crippen LogP contribution in [0.15, 0.2) is 0 Å². The van der Waals surface area contributed by atoms with Crippen molar-refractivity contribution in [1.82, 2.24) is 0 Å². The van der Waals surface area contributed by atoms with E-state index in [-0.39, 0.29) is 24.4 Å². The zero-order valence-electron chi connectivity index (χ0n) is 7.27. The molecule has 3 heteroatoms. The Morgan fingerprint density at radius 1 is 1.27 bits per heavy atom. The largest absolute Gasteiger partial charge is 0.396 e. The first-order chi connectivity index (χ1) is 4.88. The number of rotatable bonds is 3. The number of aliphatic hydroxyl groups excluding tert-OH is 1. The molecule has 0 saturated heterocycles. The molecule has 1 nitrogen and oxygen atoms in total. The molecule has 1 atom stereocenters. The molecule has 0 aliphatic carbocycles. The third-order valence-corrected chi connectivity index (χ3v) is 1.91. The monoisotopic (exact) mass is 166 g/mol. The molecule has 0 heterocycles. The van der Waals surface area contributed by atoms with Crippen molar-refractivity contribution in [3.8, 4) is 0 Å². The van der Waals surface area contributed by atoms with Gasteiger partial charge in [-0.3, -0.25) is 0 Å². The Bertz CT molecular complexity index is 107. The van der Waals surface area contributed by atoms with Crippen molar-refractivity contribution in [2.24, 2.45) is 11.3 Å². The Morgan fingerprint density at radius 2 is 1.73 bits per heavy atom. The molecule has 0 aliphatic rings. The predicted octanol–water partition coefficient (Wildman–Crippen LogP) is 2.30. The van der Waals surface area contributed by atoms with Crippen molar-refractivity contribution in [3.05, 3.63) is 0 Å². The summed E-state index contributed by atoms with van der Waals surface area (Å²) in [7, 11) is 0. The van der Waals surface area contributed by atoms with Crippen LogP contribution in [-0.4, -0.2) is 18.1 Å². The van der Waals surface area contributed by atoms with Gasteiger partial charge in [0.2, 0.25) is 6.43 Å². The topological polar surface area (TPSA) is 20.2 Å². The van der Waals surface area contributed by atoms with Crippen LogP contribution in [0, 0.1) is 11.3 Å². The van der Waals surface area contributed by atoms with E-state index in [1.807, 2.05) is 20.8 Å². The molecule has 1 unspecified atom stereocenters. The molecule has 0 aliphatic heterocycles. The van der Waals surface area contributed by atoms with E-state index < -0.39 is 6.43 Å². The minimum absolute atomic E-state index is 0.159. The van der Waals surface area contributed by atoms with Gasteiger partial charge in [-0.2, -0.15) is 0 Å². The molecule has 0 radical (unpaired) electrons. The van der Waals surface area contributed by atoms with E-state index in [0.29, 0.717) is 0 Å². The number of hydrogen-bond acceptors (Lipinski definition) is 1. The van der Waals surface area contributed by atoms with Gasteiger partial charge in [0.25, 0.3) is 0 Å². The van der Waals surface area contributed by atoms with Gasteiger partial charge in [0.15, 0.2) is 0 Å². The summed E-state index contributed by atoms with van der Waals surface area (Å²) in [4.78, 5) is 0. The summed E-state index contributed by atoms with van der Waals surface area (Å²) in [5, 5.41) is 8.78. The molecule has 0 spiro atoms. The van der Waals surface area contributed by atoms with Crippen LogP contribution in [-0.2, 0) is 0 Å². The number of hydrogen-bond donors (Lipinski definition) is 1. The SMILES string of the molecule is CC(C)(C)C(CO)CC(F)F. The van der Waals surface area contributed by atoms with Crippen LogP contribution in [0.1, 0.15) is 27.2 Å². The van der Waals surface area contributed by atoms with Crippen LogP contribution in [0.2, 0.25) is 0 Å². The smallest absolute Gasteiger partial charge is 0.239 e. The van der Waals surface area contributed by atoms with Gasteiger partial charge in [0.05, 0.1) is 0 Å². The first-order valence-electron chi connectivity index (χ1n) is 3.77. The highest BCUT2D eigenvalue weighted by Crippen LogP contribution is 2.30. The molecule has 0 aromatic rings. The van der Waals surface area contributed by atoms with Crippen molar-refractivity contribution >= 4 is 0 Å². The Morgan fingerprint density at radius 3 is 1.82 bits per heavy atom. The fraction of sp³-hybridized carbons (Fsp3) is 1.00. The number of aliphatic hydroxyl groups is 1. The molecule has 11 heavy (non-hydrogen) atoms. The van der Waals surface area contributed by atoms with E-state index in [1.165, 1.54) is 0 Å². The lowest BCUT2D eigenvalue weighted by Crippen LogP contribution is -2.25. The van der Waals surface area contributed by atoms with E-state index in [9.17, 15) is 8.78 Å². The van der Waals surface area contributed by atoms with Gasteiger partial charge in [-0.05, 0) is 11.3 Å². The molecule has 68 valence electrons. The average molecular weight is 166 g/mol.